The Balaban J connectivity index is 0.838. The number of carbonyl (C=O) groups excluding carboxylic acids is 4. The summed E-state index contributed by atoms with van der Waals surface area (Å²) in [6.45, 7) is 7.78. The van der Waals surface area contributed by atoms with Gasteiger partial charge in [0.25, 0.3) is 5.91 Å². The first kappa shape index (κ1) is 41.6. The van der Waals surface area contributed by atoms with E-state index in [2.05, 4.69) is 45.9 Å². The van der Waals surface area contributed by atoms with Crippen LogP contribution >= 0.6 is 0 Å². The largest absolute Gasteiger partial charge is 0.494 e. The van der Waals surface area contributed by atoms with Crippen molar-refractivity contribution in [3.8, 4) is 17.3 Å². The minimum atomic E-state index is -0.410. The number of rotatable bonds is 17. The summed E-state index contributed by atoms with van der Waals surface area (Å²) in [5, 5.41) is 17.5. The zero-order valence-electron chi connectivity index (χ0n) is 34.2. The van der Waals surface area contributed by atoms with Gasteiger partial charge in [-0.1, -0.05) is 18.2 Å². The summed E-state index contributed by atoms with van der Waals surface area (Å²) in [6.07, 6.45) is 5.64. The Morgan fingerprint density at radius 2 is 1.87 bits per heavy atom. The Bertz CT molecular complexity index is 2290. The maximum Gasteiger partial charge on any atom is 0.251 e. The zero-order chi connectivity index (χ0) is 42.0. The highest BCUT2D eigenvalue weighted by molar-refractivity contribution is 6.00. The third-order valence-corrected chi connectivity index (χ3v) is 11.1. The summed E-state index contributed by atoms with van der Waals surface area (Å²) in [7, 11) is 3.74. The Labute approximate surface area is 349 Å². The van der Waals surface area contributed by atoms with E-state index < -0.39 is 6.04 Å². The van der Waals surface area contributed by atoms with Crippen molar-refractivity contribution in [2.75, 3.05) is 56.6 Å². The van der Waals surface area contributed by atoms with Crippen molar-refractivity contribution in [2.45, 2.75) is 51.4 Å². The van der Waals surface area contributed by atoms with Crippen LogP contribution in [0, 0.1) is 0 Å². The number of amides is 3. The number of aromatic nitrogens is 5. The van der Waals surface area contributed by atoms with Crippen LogP contribution in [-0.2, 0) is 29.7 Å². The maximum absolute atomic E-state index is 13.3. The number of hydrogen-bond donors (Lipinski definition) is 3. The van der Waals surface area contributed by atoms with Crippen LogP contribution in [0.5, 0.6) is 5.75 Å². The van der Waals surface area contributed by atoms with E-state index in [0.717, 1.165) is 79.5 Å². The molecule has 4 heterocycles. The van der Waals surface area contributed by atoms with E-state index in [1.165, 1.54) is 6.33 Å². The topological polar surface area (TPSA) is 180 Å². The van der Waals surface area contributed by atoms with Gasteiger partial charge in [-0.25, -0.2) is 9.97 Å². The first-order chi connectivity index (χ1) is 29.1. The standard InChI is InChI=1S/C44H51N11O5/c1-30(48-43(58)32-8-4-9-35(23-32)46-26-40-50-51-42(53(40)3)38-15-16-45-29-47-38)31-7-5-10-37(25-31)60-22-6-17-54-18-20-55(21-19-54)36-12-11-33(28-56)34(24-36)27-52(2)39-13-14-41(57)49-44(39)59/h4-5,7-12,15-16,23-25,28-30,39,46H,6,13-14,17-22,26-27H2,1-3H3,(H,48,58)(H,49,57,59). The molecule has 60 heavy (non-hydrogen) atoms. The molecule has 0 radical (unpaired) electrons. The number of hydrogen-bond acceptors (Lipinski definition) is 13. The molecular formula is C44H51N11O5. The number of anilines is 2. The molecule has 3 aromatic carbocycles. The second-order valence-electron chi connectivity index (χ2n) is 15.2. The second kappa shape index (κ2) is 19.5. The van der Waals surface area contributed by atoms with E-state index in [-0.39, 0.29) is 23.8 Å². The van der Waals surface area contributed by atoms with E-state index >= 15 is 0 Å². The Kier molecular flexibility index (Phi) is 13.5. The molecule has 3 amide bonds. The van der Waals surface area contributed by atoms with Crippen LogP contribution in [0.3, 0.4) is 0 Å². The van der Waals surface area contributed by atoms with Crippen LogP contribution in [0.2, 0.25) is 0 Å². The molecule has 2 aliphatic heterocycles. The lowest BCUT2D eigenvalue weighted by Gasteiger charge is -2.36. The van der Waals surface area contributed by atoms with Gasteiger partial charge in [-0.15, -0.1) is 10.2 Å². The quantitative estimate of drug-likeness (QED) is 0.0697. The van der Waals surface area contributed by atoms with Gasteiger partial charge in [-0.2, -0.15) is 0 Å². The molecule has 2 aliphatic rings. The highest BCUT2D eigenvalue weighted by Crippen LogP contribution is 2.25. The van der Waals surface area contributed by atoms with Crippen molar-refractivity contribution in [1.29, 1.82) is 0 Å². The zero-order valence-corrected chi connectivity index (χ0v) is 34.2. The molecule has 2 atom stereocenters. The Hall–Kier alpha value is -6.52. The molecule has 0 aliphatic carbocycles. The lowest BCUT2D eigenvalue weighted by atomic mass is 10.0. The smallest absolute Gasteiger partial charge is 0.251 e. The second-order valence-corrected chi connectivity index (χ2v) is 15.2. The Morgan fingerprint density at radius 3 is 2.65 bits per heavy atom. The fourth-order valence-corrected chi connectivity index (χ4v) is 7.58. The normalized spacial score (nSPS) is 16.3. The van der Waals surface area contributed by atoms with E-state index in [4.69, 9.17) is 4.74 Å². The summed E-state index contributed by atoms with van der Waals surface area (Å²) >= 11 is 0. The average molecular weight is 814 g/mol. The van der Waals surface area contributed by atoms with Gasteiger partial charge in [0, 0.05) is 81.4 Å². The average Bonchev–Trinajstić information content (AvgIpc) is 3.64. The molecule has 5 aromatic rings. The van der Waals surface area contributed by atoms with E-state index in [9.17, 15) is 19.2 Å². The summed E-state index contributed by atoms with van der Waals surface area (Å²) in [6, 6.07) is 22.2. The minimum Gasteiger partial charge on any atom is -0.494 e. The fraction of sp³-hybridized carbons (Fsp3) is 0.364. The number of aldehydes is 1. The molecule has 312 valence electrons. The molecule has 2 aromatic heterocycles. The van der Waals surface area contributed by atoms with Gasteiger partial charge in [0.15, 0.2) is 11.6 Å². The number of likely N-dealkylation sites (N-methyl/N-ethyl adjacent to an activating group) is 1. The molecule has 2 unspecified atom stereocenters. The van der Waals surface area contributed by atoms with E-state index in [0.29, 0.717) is 55.2 Å². The van der Waals surface area contributed by atoms with Gasteiger partial charge in [-0.05, 0) is 92.5 Å². The number of piperidine rings is 1. The molecule has 2 fully saturated rings. The van der Waals surface area contributed by atoms with Crippen LogP contribution in [0.25, 0.3) is 11.5 Å². The molecule has 2 saturated heterocycles. The van der Waals surface area contributed by atoms with E-state index in [1.807, 2.05) is 91.1 Å². The van der Waals surface area contributed by atoms with Crippen molar-refractivity contribution in [2.24, 2.45) is 7.05 Å². The van der Waals surface area contributed by atoms with Crippen LogP contribution in [0.4, 0.5) is 11.4 Å². The van der Waals surface area contributed by atoms with Crippen LogP contribution in [0.15, 0.2) is 85.3 Å². The van der Waals surface area contributed by atoms with E-state index in [1.54, 1.807) is 18.3 Å². The number of piperazine rings is 1. The molecule has 0 saturated carbocycles. The first-order valence-corrected chi connectivity index (χ1v) is 20.3. The van der Waals surface area contributed by atoms with Gasteiger partial charge in [0.05, 0.1) is 25.2 Å². The highest BCUT2D eigenvalue weighted by atomic mass is 16.5. The lowest BCUT2D eigenvalue weighted by Crippen LogP contribution is -2.51. The highest BCUT2D eigenvalue weighted by Gasteiger charge is 2.30. The lowest BCUT2D eigenvalue weighted by molar-refractivity contribution is -0.137. The third kappa shape index (κ3) is 10.4. The summed E-state index contributed by atoms with van der Waals surface area (Å²) in [4.78, 5) is 64.1. The number of benzene rings is 3. The molecule has 0 bridgehead atoms. The number of nitrogens with one attached hydrogen (secondary N) is 3. The molecular weight excluding hydrogens is 763 g/mol. The predicted octanol–water partition coefficient (Wildman–Crippen LogP) is 4.02. The summed E-state index contributed by atoms with van der Waals surface area (Å²) in [5.74, 6) is 1.41. The fourth-order valence-electron chi connectivity index (χ4n) is 7.58. The van der Waals surface area contributed by atoms with Crippen LogP contribution in [0.1, 0.15) is 69.9 Å². The van der Waals surface area contributed by atoms with Crippen molar-refractivity contribution in [1.82, 2.24) is 45.2 Å². The van der Waals surface area contributed by atoms with Gasteiger partial charge in [-0.3, -0.25) is 34.3 Å². The summed E-state index contributed by atoms with van der Waals surface area (Å²) < 4.78 is 8.03. The molecule has 16 nitrogen and oxygen atoms in total. The predicted molar refractivity (Wildman–Crippen MR) is 226 cm³/mol. The number of imide groups is 1. The molecule has 0 spiro atoms. The monoisotopic (exact) mass is 813 g/mol. The van der Waals surface area contributed by atoms with Crippen LogP contribution in [-0.4, -0.2) is 111 Å². The van der Waals surface area contributed by atoms with Crippen molar-refractivity contribution in [3.05, 3.63) is 113 Å². The number of nitrogens with zero attached hydrogens (tertiary/aromatic N) is 8. The van der Waals surface area contributed by atoms with Crippen molar-refractivity contribution < 1.29 is 23.9 Å². The van der Waals surface area contributed by atoms with Gasteiger partial charge in [0.2, 0.25) is 11.8 Å². The molecule has 3 N–H and O–H groups in total. The Morgan fingerprint density at radius 1 is 1.03 bits per heavy atom. The first-order valence-electron chi connectivity index (χ1n) is 20.3. The number of carbonyl (C=O) groups is 4. The number of ether oxygens (including phenoxy) is 1. The van der Waals surface area contributed by atoms with Gasteiger partial charge < -0.3 is 24.8 Å². The van der Waals surface area contributed by atoms with Gasteiger partial charge in [0.1, 0.15) is 24.1 Å². The van der Waals surface area contributed by atoms with Crippen molar-refractivity contribution in [3.63, 3.8) is 0 Å². The van der Waals surface area contributed by atoms with Crippen LogP contribution < -0.4 is 25.6 Å². The third-order valence-electron chi connectivity index (χ3n) is 11.1. The molecule has 16 heteroatoms. The SMILES string of the molecule is CC(NC(=O)c1cccc(NCc2nnc(-c3ccncn3)n2C)c1)c1cccc(OCCCN2CCN(c3ccc(C=O)c(CN(C)C4CCC(=O)NC4=O)c3)CC2)c1. The van der Waals surface area contributed by atoms with Crippen molar-refractivity contribution >= 4 is 35.4 Å². The minimum absolute atomic E-state index is 0.182. The maximum atomic E-state index is 13.3. The molecule has 7 rings (SSSR count). The van der Waals surface area contributed by atoms with Gasteiger partial charge >= 0.3 is 0 Å². The summed E-state index contributed by atoms with van der Waals surface area (Å²) in [5.41, 5.74) is 5.46.